The summed E-state index contributed by atoms with van der Waals surface area (Å²) in [7, 11) is 0. The molecule has 2 aliphatic rings. The average Bonchev–Trinajstić information content (AvgIpc) is 3.20. The van der Waals surface area contributed by atoms with Crippen molar-refractivity contribution in [3.8, 4) is 11.5 Å². The standard InChI is InChI=1S/C15H9NO4S/c17-15-11(5-9-3-4-21-7-9)16-14(20-15)10-1-2-12-13(6-10)19-8-18-12/h1-7H,8H2. The molecular weight excluding hydrogens is 290 g/mol. The number of carbonyl (C=O) groups is 1. The number of nitrogens with zero attached hydrogens (tertiary/aromatic N) is 1. The Morgan fingerprint density at radius 2 is 2.10 bits per heavy atom. The Morgan fingerprint density at radius 1 is 1.19 bits per heavy atom. The van der Waals surface area contributed by atoms with Crippen molar-refractivity contribution in [1.29, 1.82) is 0 Å². The summed E-state index contributed by atoms with van der Waals surface area (Å²) in [5.41, 5.74) is 1.91. The Bertz CT molecular complexity index is 777. The molecule has 3 heterocycles. The highest BCUT2D eigenvalue weighted by Gasteiger charge is 2.25. The van der Waals surface area contributed by atoms with Crippen molar-refractivity contribution >= 4 is 29.3 Å². The zero-order chi connectivity index (χ0) is 14.2. The summed E-state index contributed by atoms with van der Waals surface area (Å²) in [6.45, 7) is 0.203. The van der Waals surface area contributed by atoms with E-state index in [4.69, 9.17) is 14.2 Å². The Balaban J connectivity index is 1.68. The molecule has 0 unspecified atom stereocenters. The van der Waals surface area contributed by atoms with Gasteiger partial charge in [-0.2, -0.15) is 11.3 Å². The smallest absolute Gasteiger partial charge is 0.363 e. The van der Waals surface area contributed by atoms with Gasteiger partial charge in [-0.15, -0.1) is 0 Å². The molecule has 2 aromatic rings. The fraction of sp³-hybridized carbons (Fsp3) is 0.0667. The van der Waals surface area contributed by atoms with Crippen LogP contribution >= 0.6 is 11.3 Å². The van der Waals surface area contributed by atoms with Crippen LogP contribution < -0.4 is 9.47 Å². The van der Waals surface area contributed by atoms with Gasteiger partial charge in [-0.1, -0.05) is 0 Å². The molecule has 1 aromatic heterocycles. The second-order valence-corrected chi connectivity index (χ2v) is 5.24. The van der Waals surface area contributed by atoms with E-state index in [0.29, 0.717) is 22.8 Å². The minimum atomic E-state index is -0.450. The Kier molecular flexibility index (Phi) is 2.75. The third-order valence-electron chi connectivity index (χ3n) is 3.09. The van der Waals surface area contributed by atoms with Crippen LogP contribution in [0.5, 0.6) is 11.5 Å². The molecule has 21 heavy (non-hydrogen) atoms. The van der Waals surface area contributed by atoms with Gasteiger partial charge in [0.2, 0.25) is 12.7 Å². The first-order valence-corrected chi connectivity index (χ1v) is 7.19. The summed E-state index contributed by atoms with van der Waals surface area (Å²) in [6.07, 6.45) is 1.71. The highest BCUT2D eigenvalue weighted by Crippen LogP contribution is 2.33. The van der Waals surface area contributed by atoms with E-state index in [1.807, 2.05) is 16.8 Å². The van der Waals surface area contributed by atoms with E-state index in [1.54, 1.807) is 35.6 Å². The van der Waals surface area contributed by atoms with E-state index in [-0.39, 0.29) is 12.7 Å². The SMILES string of the molecule is O=C1OC(c2ccc3c(c2)OCO3)=NC1=Cc1ccsc1. The summed E-state index contributed by atoms with van der Waals surface area (Å²) >= 11 is 1.56. The molecule has 0 spiro atoms. The van der Waals surface area contributed by atoms with E-state index >= 15 is 0 Å². The lowest BCUT2D eigenvalue weighted by Crippen LogP contribution is -2.05. The predicted octanol–water partition coefficient (Wildman–Crippen LogP) is 2.82. The Hall–Kier alpha value is -2.60. The highest BCUT2D eigenvalue weighted by molar-refractivity contribution is 7.08. The first-order valence-electron chi connectivity index (χ1n) is 6.24. The average molecular weight is 299 g/mol. The van der Waals surface area contributed by atoms with E-state index in [2.05, 4.69) is 4.99 Å². The third-order valence-corrected chi connectivity index (χ3v) is 3.79. The molecule has 2 aliphatic heterocycles. The molecule has 104 valence electrons. The maximum Gasteiger partial charge on any atom is 0.363 e. The van der Waals surface area contributed by atoms with Crippen molar-refractivity contribution in [3.05, 3.63) is 51.8 Å². The summed E-state index contributed by atoms with van der Waals surface area (Å²) in [6, 6.07) is 7.22. The number of benzene rings is 1. The van der Waals surface area contributed by atoms with Gasteiger partial charge in [-0.05, 0) is 46.7 Å². The lowest BCUT2D eigenvalue weighted by Gasteiger charge is -2.01. The molecule has 0 aliphatic carbocycles. The minimum Gasteiger partial charge on any atom is -0.454 e. The van der Waals surface area contributed by atoms with Gasteiger partial charge in [-0.25, -0.2) is 9.79 Å². The van der Waals surface area contributed by atoms with Crippen LogP contribution in [-0.2, 0) is 9.53 Å². The van der Waals surface area contributed by atoms with Crippen LogP contribution in [0.15, 0.2) is 45.7 Å². The number of rotatable bonds is 2. The monoisotopic (exact) mass is 299 g/mol. The topological polar surface area (TPSA) is 57.1 Å². The van der Waals surface area contributed by atoms with Crippen LogP contribution in [0.2, 0.25) is 0 Å². The third kappa shape index (κ3) is 2.19. The molecule has 6 heteroatoms. The first-order chi connectivity index (χ1) is 10.3. The number of thiophene rings is 1. The van der Waals surface area contributed by atoms with Crippen molar-refractivity contribution in [2.75, 3.05) is 6.79 Å². The van der Waals surface area contributed by atoms with E-state index in [9.17, 15) is 4.79 Å². The van der Waals surface area contributed by atoms with E-state index < -0.39 is 5.97 Å². The largest absolute Gasteiger partial charge is 0.454 e. The number of hydrogen-bond acceptors (Lipinski definition) is 6. The molecule has 4 rings (SSSR count). The minimum absolute atomic E-state index is 0.203. The fourth-order valence-corrected chi connectivity index (χ4v) is 2.70. The number of esters is 1. The van der Waals surface area contributed by atoms with Crippen molar-refractivity contribution in [2.24, 2.45) is 4.99 Å². The molecule has 0 saturated heterocycles. The molecule has 1 aromatic carbocycles. The second-order valence-electron chi connectivity index (χ2n) is 4.46. The van der Waals surface area contributed by atoms with Crippen molar-refractivity contribution in [2.45, 2.75) is 0 Å². The van der Waals surface area contributed by atoms with Gasteiger partial charge in [0, 0.05) is 5.56 Å². The molecule has 0 amide bonds. The van der Waals surface area contributed by atoms with Crippen LogP contribution in [-0.4, -0.2) is 18.7 Å². The fourth-order valence-electron chi connectivity index (χ4n) is 2.08. The molecule has 0 fully saturated rings. The molecule has 0 N–H and O–H groups in total. The van der Waals surface area contributed by atoms with Crippen molar-refractivity contribution in [1.82, 2.24) is 0 Å². The van der Waals surface area contributed by atoms with Crippen LogP contribution in [0.25, 0.3) is 6.08 Å². The van der Waals surface area contributed by atoms with Gasteiger partial charge in [0.25, 0.3) is 0 Å². The molecule has 5 nitrogen and oxygen atoms in total. The predicted molar refractivity (Wildman–Crippen MR) is 77.5 cm³/mol. The molecular formula is C15H9NO4S. The van der Waals surface area contributed by atoms with Crippen LogP contribution in [0, 0.1) is 0 Å². The van der Waals surface area contributed by atoms with Crippen molar-refractivity contribution in [3.63, 3.8) is 0 Å². The van der Waals surface area contributed by atoms with Gasteiger partial charge in [0.15, 0.2) is 17.2 Å². The maximum atomic E-state index is 11.9. The van der Waals surface area contributed by atoms with Crippen LogP contribution in [0.4, 0.5) is 0 Å². The quantitative estimate of drug-likeness (QED) is 0.632. The van der Waals surface area contributed by atoms with Crippen molar-refractivity contribution < 1.29 is 19.0 Å². The van der Waals surface area contributed by atoms with Gasteiger partial charge in [-0.3, -0.25) is 0 Å². The van der Waals surface area contributed by atoms with Gasteiger partial charge >= 0.3 is 5.97 Å². The number of carbonyl (C=O) groups excluding carboxylic acids is 1. The maximum absolute atomic E-state index is 11.9. The first kappa shape index (κ1) is 12.2. The molecule has 0 bridgehead atoms. The van der Waals surface area contributed by atoms with Gasteiger partial charge in [0.1, 0.15) is 0 Å². The Morgan fingerprint density at radius 3 is 2.95 bits per heavy atom. The number of cyclic esters (lactones) is 1. The van der Waals surface area contributed by atoms with Gasteiger partial charge < -0.3 is 14.2 Å². The van der Waals surface area contributed by atoms with Crippen LogP contribution in [0.3, 0.4) is 0 Å². The normalized spacial score (nSPS) is 18.0. The highest BCUT2D eigenvalue weighted by atomic mass is 32.1. The number of ether oxygens (including phenoxy) is 3. The lowest BCUT2D eigenvalue weighted by atomic mass is 10.2. The number of aliphatic imine (C=N–C) groups is 1. The molecule has 0 atom stereocenters. The zero-order valence-corrected chi connectivity index (χ0v) is 11.6. The van der Waals surface area contributed by atoms with E-state index in [1.165, 1.54) is 0 Å². The summed E-state index contributed by atoms with van der Waals surface area (Å²) in [5, 5.41) is 3.88. The number of fused-ring (bicyclic) bond motifs is 1. The summed E-state index contributed by atoms with van der Waals surface area (Å²) < 4.78 is 15.8. The zero-order valence-electron chi connectivity index (χ0n) is 10.7. The van der Waals surface area contributed by atoms with E-state index in [0.717, 1.165) is 5.56 Å². The summed E-state index contributed by atoms with van der Waals surface area (Å²) in [4.78, 5) is 16.1. The summed E-state index contributed by atoms with van der Waals surface area (Å²) in [5.74, 6) is 1.13. The molecule has 0 saturated carbocycles. The molecule has 0 radical (unpaired) electrons. The van der Waals surface area contributed by atoms with Gasteiger partial charge in [0.05, 0.1) is 0 Å². The second kappa shape index (κ2) is 4.75. The Labute approximate surface area is 124 Å². The van der Waals surface area contributed by atoms with Crippen LogP contribution in [0.1, 0.15) is 11.1 Å². The number of hydrogen-bond donors (Lipinski definition) is 0. The lowest BCUT2D eigenvalue weighted by molar-refractivity contribution is -0.129.